The van der Waals surface area contributed by atoms with E-state index in [2.05, 4.69) is 5.32 Å². The Balaban J connectivity index is 1.89. The number of halogens is 3. The molecule has 1 amide bonds. The first kappa shape index (κ1) is 21.1. The topological polar surface area (TPSA) is 56.8 Å². The summed E-state index contributed by atoms with van der Waals surface area (Å²) >= 11 is 0. The summed E-state index contributed by atoms with van der Waals surface area (Å²) in [5, 5.41) is 2.50. The molecule has 0 unspecified atom stereocenters. The minimum absolute atomic E-state index is 0.0629. The molecule has 1 heterocycles. The summed E-state index contributed by atoms with van der Waals surface area (Å²) in [6.07, 6.45) is -4.53. The Morgan fingerprint density at radius 1 is 1.10 bits per heavy atom. The molecular weight excluding hydrogens is 387 g/mol. The van der Waals surface area contributed by atoms with Gasteiger partial charge in [-0.1, -0.05) is 12.1 Å². The van der Waals surface area contributed by atoms with Crippen LogP contribution in [0.2, 0.25) is 0 Å². The molecular formula is C21H22F3NO4. The maximum atomic E-state index is 13.4. The normalized spacial score (nSPS) is 15.6. The van der Waals surface area contributed by atoms with E-state index in [1.165, 1.54) is 13.1 Å². The monoisotopic (exact) mass is 409 g/mol. The first-order chi connectivity index (χ1) is 13.9. The highest BCUT2D eigenvalue weighted by Gasteiger charge is 2.31. The van der Waals surface area contributed by atoms with Crippen molar-refractivity contribution in [2.45, 2.75) is 6.18 Å². The van der Waals surface area contributed by atoms with Crippen LogP contribution < -0.4 is 10.1 Å². The molecule has 0 bridgehead atoms. The van der Waals surface area contributed by atoms with Gasteiger partial charge in [0.25, 0.3) is 5.91 Å². The third-order valence-corrected chi connectivity index (χ3v) is 4.48. The number of benzene rings is 2. The Morgan fingerprint density at radius 2 is 1.83 bits per heavy atom. The van der Waals surface area contributed by atoms with Gasteiger partial charge in [0.05, 0.1) is 38.6 Å². The second kappa shape index (κ2) is 9.28. The van der Waals surface area contributed by atoms with E-state index in [0.717, 1.165) is 12.1 Å². The fourth-order valence-corrected chi connectivity index (χ4v) is 2.97. The van der Waals surface area contributed by atoms with Crippen molar-refractivity contribution < 1.29 is 32.2 Å². The van der Waals surface area contributed by atoms with Crippen LogP contribution in [0.1, 0.15) is 15.9 Å². The van der Waals surface area contributed by atoms with Gasteiger partial charge in [-0.3, -0.25) is 4.79 Å². The lowest BCUT2D eigenvalue weighted by molar-refractivity contribution is -0.137. The summed E-state index contributed by atoms with van der Waals surface area (Å²) in [4.78, 5) is 11.9. The van der Waals surface area contributed by atoms with E-state index in [1.54, 1.807) is 24.3 Å². The minimum atomic E-state index is -4.53. The first-order valence-corrected chi connectivity index (χ1v) is 9.20. The van der Waals surface area contributed by atoms with Gasteiger partial charge < -0.3 is 19.5 Å². The van der Waals surface area contributed by atoms with E-state index in [9.17, 15) is 18.0 Å². The third-order valence-electron chi connectivity index (χ3n) is 4.48. The van der Waals surface area contributed by atoms with Crippen LogP contribution in [0, 0.1) is 5.92 Å². The van der Waals surface area contributed by atoms with Crippen molar-refractivity contribution in [2.75, 3.05) is 40.1 Å². The fraction of sp³-hybridized carbons (Fsp3) is 0.381. The van der Waals surface area contributed by atoms with Crippen molar-refractivity contribution in [3.8, 4) is 16.9 Å². The molecule has 1 fully saturated rings. The molecule has 1 aliphatic rings. The Labute approximate surface area is 166 Å². The minimum Gasteiger partial charge on any atom is -0.493 e. The van der Waals surface area contributed by atoms with Crippen molar-refractivity contribution in [2.24, 2.45) is 5.92 Å². The second-order valence-corrected chi connectivity index (χ2v) is 6.73. The summed E-state index contributed by atoms with van der Waals surface area (Å²) in [6.45, 7) is 2.02. The van der Waals surface area contributed by atoms with Crippen molar-refractivity contribution in [1.82, 2.24) is 5.32 Å². The van der Waals surface area contributed by atoms with Gasteiger partial charge in [-0.25, -0.2) is 0 Å². The summed E-state index contributed by atoms with van der Waals surface area (Å²) < 4.78 is 56.7. The smallest absolute Gasteiger partial charge is 0.416 e. The summed E-state index contributed by atoms with van der Waals surface area (Å²) in [5.41, 5.74) is 0.346. The number of carbonyl (C=O) groups is 1. The van der Waals surface area contributed by atoms with Crippen LogP contribution in [0.4, 0.5) is 13.2 Å². The summed E-state index contributed by atoms with van der Waals surface area (Å²) in [7, 11) is 1.49. The molecule has 0 atom stereocenters. The molecule has 0 radical (unpaired) electrons. The van der Waals surface area contributed by atoms with Gasteiger partial charge in [0, 0.05) is 18.5 Å². The SMILES string of the molecule is CNC(=O)c1cccc(-c2cc(OCC3COCCOC3)cc(C(F)(F)F)c2)c1. The highest BCUT2D eigenvalue weighted by Crippen LogP contribution is 2.36. The second-order valence-electron chi connectivity index (χ2n) is 6.73. The van der Waals surface area contributed by atoms with Gasteiger partial charge in [-0.15, -0.1) is 0 Å². The van der Waals surface area contributed by atoms with Crippen molar-refractivity contribution >= 4 is 5.91 Å². The number of alkyl halides is 3. The van der Waals surface area contributed by atoms with Gasteiger partial charge in [-0.2, -0.15) is 13.2 Å². The first-order valence-electron chi connectivity index (χ1n) is 9.20. The predicted octanol–water partition coefficient (Wildman–Crippen LogP) is 3.77. The van der Waals surface area contributed by atoms with Crippen LogP contribution in [0.5, 0.6) is 5.75 Å². The molecule has 2 aromatic carbocycles. The Bertz CT molecular complexity index is 846. The van der Waals surface area contributed by atoms with Crippen molar-refractivity contribution in [1.29, 1.82) is 0 Å². The summed E-state index contributed by atoms with van der Waals surface area (Å²) in [6, 6.07) is 9.99. The molecule has 1 N–H and O–H groups in total. The van der Waals surface area contributed by atoms with Gasteiger partial charge in [0.2, 0.25) is 0 Å². The van der Waals surface area contributed by atoms with Gasteiger partial charge in [-0.05, 0) is 41.5 Å². The number of carbonyl (C=O) groups excluding carboxylic acids is 1. The third kappa shape index (κ3) is 5.71. The molecule has 0 saturated carbocycles. The average Bonchev–Trinajstić information content (AvgIpc) is 3.00. The number of nitrogens with one attached hydrogen (secondary N) is 1. The van der Waals surface area contributed by atoms with Gasteiger partial charge >= 0.3 is 6.18 Å². The van der Waals surface area contributed by atoms with Gasteiger partial charge in [0.1, 0.15) is 5.75 Å². The van der Waals surface area contributed by atoms with Crippen LogP contribution >= 0.6 is 0 Å². The fourth-order valence-electron chi connectivity index (χ4n) is 2.97. The van der Waals surface area contributed by atoms with E-state index in [4.69, 9.17) is 14.2 Å². The lowest BCUT2D eigenvalue weighted by atomic mass is 10.00. The number of ether oxygens (including phenoxy) is 3. The molecule has 0 spiro atoms. The largest absolute Gasteiger partial charge is 0.493 e. The molecule has 3 rings (SSSR count). The van der Waals surface area contributed by atoms with E-state index in [-0.39, 0.29) is 24.2 Å². The van der Waals surface area contributed by atoms with E-state index >= 15 is 0 Å². The number of hydrogen-bond acceptors (Lipinski definition) is 4. The maximum Gasteiger partial charge on any atom is 0.416 e. The van der Waals surface area contributed by atoms with Gasteiger partial charge in [0.15, 0.2) is 0 Å². The van der Waals surface area contributed by atoms with Crippen LogP contribution in [-0.2, 0) is 15.7 Å². The molecule has 5 nitrogen and oxygen atoms in total. The maximum absolute atomic E-state index is 13.4. The number of hydrogen-bond donors (Lipinski definition) is 1. The lowest BCUT2D eigenvalue weighted by Crippen LogP contribution is -2.20. The van der Waals surface area contributed by atoms with Crippen molar-refractivity contribution in [3.63, 3.8) is 0 Å². The molecule has 0 aromatic heterocycles. The average molecular weight is 409 g/mol. The molecule has 156 valence electrons. The highest BCUT2D eigenvalue weighted by atomic mass is 19.4. The van der Waals surface area contributed by atoms with Crippen LogP contribution in [-0.4, -0.2) is 46.0 Å². The number of amides is 1. The van der Waals surface area contributed by atoms with Crippen LogP contribution in [0.15, 0.2) is 42.5 Å². The predicted molar refractivity (Wildman–Crippen MR) is 101 cm³/mol. The quantitative estimate of drug-likeness (QED) is 0.817. The zero-order valence-corrected chi connectivity index (χ0v) is 15.9. The zero-order chi connectivity index (χ0) is 20.9. The Kier molecular flexibility index (Phi) is 6.76. The lowest BCUT2D eigenvalue weighted by Gasteiger charge is -2.17. The summed E-state index contributed by atoms with van der Waals surface area (Å²) in [5.74, 6) is -0.278. The zero-order valence-electron chi connectivity index (χ0n) is 15.9. The van der Waals surface area contributed by atoms with E-state index in [0.29, 0.717) is 43.1 Å². The molecule has 0 aliphatic carbocycles. The molecule has 2 aromatic rings. The Hall–Kier alpha value is -2.58. The standard InChI is InChI=1S/C21H22F3NO4/c1-25-20(26)16-4-2-3-15(7-16)17-8-18(21(22,23)24)10-19(9-17)29-13-14-11-27-5-6-28-12-14/h2-4,7-10,14H,5-6,11-13H2,1H3,(H,25,26). The molecule has 8 heteroatoms. The van der Waals surface area contributed by atoms with Crippen molar-refractivity contribution in [3.05, 3.63) is 53.6 Å². The highest BCUT2D eigenvalue weighted by molar-refractivity contribution is 5.95. The molecule has 1 saturated heterocycles. The van der Waals surface area contributed by atoms with E-state index in [1.807, 2.05) is 0 Å². The molecule has 1 aliphatic heterocycles. The Morgan fingerprint density at radius 3 is 2.48 bits per heavy atom. The molecule has 29 heavy (non-hydrogen) atoms. The van der Waals surface area contributed by atoms with E-state index < -0.39 is 11.7 Å². The van der Waals surface area contributed by atoms with Crippen LogP contribution in [0.25, 0.3) is 11.1 Å². The number of rotatable bonds is 5. The van der Waals surface area contributed by atoms with Crippen LogP contribution in [0.3, 0.4) is 0 Å².